The van der Waals surface area contributed by atoms with Crippen molar-refractivity contribution >= 4 is 129 Å². The molecular weight excluding hydrogens is 834 g/mol. The average molecular weight is 863 g/mol. The van der Waals surface area contributed by atoms with Crippen LogP contribution in [0.15, 0.2) is 170 Å². The van der Waals surface area contributed by atoms with Crippen molar-refractivity contribution < 1.29 is 8.78 Å². The summed E-state index contributed by atoms with van der Waals surface area (Å²) in [6.45, 7) is 0. The van der Waals surface area contributed by atoms with E-state index in [4.69, 9.17) is 0 Å². The first-order valence-electron chi connectivity index (χ1n) is 17.8. The molecular formula is C48H29F2IN2S2. The Kier molecular flexibility index (Phi) is 8.58. The predicted octanol–water partition coefficient (Wildman–Crippen LogP) is 15.4. The molecule has 8 aromatic carbocycles. The normalized spacial score (nSPS) is 11.5. The third-order valence-electron chi connectivity index (χ3n) is 10.1. The molecule has 0 fully saturated rings. The van der Waals surface area contributed by atoms with Gasteiger partial charge in [-0.05, 0) is 95.4 Å². The topological polar surface area (TPSA) is 20.7 Å². The first kappa shape index (κ1) is 33.9. The van der Waals surface area contributed by atoms with Gasteiger partial charge in [-0.15, -0.1) is 22.7 Å². The van der Waals surface area contributed by atoms with E-state index >= 15 is 0 Å². The minimum atomic E-state index is -0.203. The van der Waals surface area contributed by atoms with E-state index in [9.17, 15) is 8.78 Å². The van der Waals surface area contributed by atoms with Crippen LogP contribution in [0.25, 0.3) is 89.6 Å². The summed E-state index contributed by atoms with van der Waals surface area (Å²) in [5, 5.41) is 9.35. The Morgan fingerprint density at radius 2 is 0.945 bits per heavy atom. The zero-order valence-corrected chi connectivity index (χ0v) is 32.9. The summed E-state index contributed by atoms with van der Waals surface area (Å²) in [5.41, 5.74) is 5.30. The molecule has 0 spiro atoms. The summed E-state index contributed by atoms with van der Waals surface area (Å²) in [4.78, 5) is 3.24. The van der Waals surface area contributed by atoms with Crippen molar-refractivity contribution in [3.8, 4) is 5.69 Å². The van der Waals surface area contributed by atoms with Crippen LogP contribution in [0, 0.1) is 15.2 Å². The lowest BCUT2D eigenvalue weighted by Gasteiger charge is -2.09. The fourth-order valence-corrected chi connectivity index (χ4v) is 10.8. The van der Waals surface area contributed by atoms with Gasteiger partial charge in [-0.25, -0.2) is 8.78 Å². The van der Waals surface area contributed by atoms with Crippen molar-refractivity contribution in [3.63, 3.8) is 0 Å². The molecule has 12 aromatic rings. The number of halogens is 3. The first-order chi connectivity index (χ1) is 27.0. The number of thiophene rings is 2. The second-order valence-corrected chi connectivity index (χ2v) is 16.6. The number of aromatic nitrogens is 2. The van der Waals surface area contributed by atoms with E-state index in [2.05, 4.69) is 129 Å². The number of hydrogen-bond donors (Lipinski definition) is 1. The van der Waals surface area contributed by atoms with E-state index in [1.807, 2.05) is 65.1 Å². The first-order valence-corrected chi connectivity index (χ1v) is 20.5. The fourth-order valence-electron chi connectivity index (χ4n) is 7.65. The lowest BCUT2D eigenvalue weighted by Crippen LogP contribution is -1.93. The van der Waals surface area contributed by atoms with Crippen LogP contribution in [0.5, 0.6) is 0 Å². The quantitative estimate of drug-likeness (QED) is 0.159. The molecule has 2 nitrogen and oxygen atoms in total. The molecule has 4 aromatic heterocycles. The van der Waals surface area contributed by atoms with E-state index < -0.39 is 0 Å². The molecule has 55 heavy (non-hydrogen) atoms. The number of fused-ring (bicyclic) bond motifs is 12. The molecule has 0 aliphatic heterocycles. The highest BCUT2D eigenvalue weighted by Gasteiger charge is 2.16. The number of hydrogen-bond acceptors (Lipinski definition) is 2. The van der Waals surface area contributed by atoms with E-state index in [1.165, 1.54) is 50.0 Å². The largest absolute Gasteiger partial charge is 0.355 e. The molecule has 0 radical (unpaired) electrons. The molecule has 264 valence electrons. The molecule has 1 N–H and O–H groups in total. The Morgan fingerprint density at radius 3 is 1.71 bits per heavy atom. The molecule has 0 atom stereocenters. The maximum Gasteiger partial charge on any atom is 0.123 e. The molecule has 0 aliphatic rings. The Labute approximate surface area is 336 Å². The van der Waals surface area contributed by atoms with Crippen molar-refractivity contribution in [2.24, 2.45) is 0 Å². The van der Waals surface area contributed by atoms with Crippen molar-refractivity contribution in [3.05, 3.63) is 185 Å². The zero-order chi connectivity index (χ0) is 37.0. The maximum absolute atomic E-state index is 14.0. The molecule has 4 heterocycles. The Balaban J connectivity index is 0.000000112. The van der Waals surface area contributed by atoms with Crippen LogP contribution in [0.1, 0.15) is 0 Å². The highest BCUT2D eigenvalue weighted by Crippen LogP contribution is 2.41. The summed E-state index contributed by atoms with van der Waals surface area (Å²) in [7, 11) is 0. The van der Waals surface area contributed by atoms with E-state index in [1.54, 1.807) is 24.3 Å². The van der Waals surface area contributed by atoms with Gasteiger partial charge in [0.05, 0.1) is 21.4 Å². The van der Waals surface area contributed by atoms with Gasteiger partial charge in [-0.1, -0.05) is 97.1 Å². The van der Waals surface area contributed by atoms with Gasteiger partial charge >= 0.3 is 0 Å². The second kappa shape index (κ2) is 13.9. The molecule has 0 amide bonds. The van der Waals surface area contributed by atoms with Gasteiger partial charge in [0.25, 0.3) is 0 Å². The maximum atomic E-state index is 14.0. The van der Waals surface area contributed by atoms with Crippen LogP contribution < -0.4 is 0 Å². The number of H-pyrrole nitrogens is 1. The SMILES string of the molecule is Fc1ccc2[nH]c3ccccc3c2c1.Fc1ccc2c(c1)c1ccccc1n2-c1cccc2c1sc1ccccc12.Ic1cccc2c1sc1ccccc12. The predicted molar refractivity (Wildman–Crippen MR) is 241 cm³/mol. The van der Waals surface area contributed by atoms with Crippen molar-refractivity contribution in [1.82, 2.24) is 9.55 Å². The van der Waals surface area contributed by atoms with Gasteiger partial charge in [0.2, 0.25) is 0 Å². The van der Waals surface area contributed by atoms with Crippen LogP contribution in [0.3, 0.4) is 0 Å². The second-order valence-electron chi connectivity index (χ2n) is 13.3. The third kappa shape index (κ3) is 5.94. The molecule has 0 aliphatic carbocycles. The summed E-state index contributed by atoms with van der Waals surface area (Å²) in [5.74, 6) is -0.396. The Morgan fingerprint density at radius 1 is 0.418 bits per heavy atom. The van der Waals surface area contributed by atoms with Crippen molar-refractivity contribution in [2.75, 3.05) is 0 Å². The lowest BCUT2D eigenvalue weighted by molar-refractivity contribution is 0.629. The average Bonchev–Trinajstić information content (AvgIpc) is 3.98. The summed E-state index contributed by atoms with van der Waals surface area (Å²) >= 11 is 6.10. The van der Waals surface area contributed by atoms with E-state index in [0.29, 0.717) is 0 Å². The number of aromatic amines is 1. The van der Waals surface area contributed by atoms with Gasteiger partial charge < -0.3 is 9.55 Å². The standard InChI is InChI=1S/C24H14FNS.C12H8FN.C12H7IS/c25-15-12-13-21-19(14-15)16-6-1-3-9-20(16)26(21)22-10-5-8-18-17-7-2-4-11-23(17)27-24(18)22;13-8-5-6-12-10(7-8)9-3-1-2-4-11(9)14-12;13-10-6-3-5-9-8-4-1-2-7-11(8)14-12(9)10/h1-14H;1-7,14H;1-7H. The molecule has 7 heteroatoms. The molecule has 0 unspecified atom stereocenters. The minimum Gasteiger partial charge on any atom is -0.355 e. The summed E-state index contributed by atoms with van der Waals surface area (Å²) in [6, 6.07) is 56.1. The van der Waals surface area contributed by atoms with Crippen molar-refractivity contribution in [2.45, 2.75) is 0 Å². The number of benzene rings is 8. The van der Waals surface area contributed by atoms with Crippen LogP contribution in [0.4, 0.5) is 8.78 Å². The third-order valence-corrected chi connectivity index (χ3v) is 13.8. The molecule has 0 saturated heterocycles. The number of para-hydroxylation sites is 2. The van der Waals surface area contributed by atoms with Crippen LogP contribution in [-0.2, 0) is 0 Å². The highest BCUT2D eigenvalue weighted by molar-refractivity contribution is 14.1. The Hall–Kier alpha value is -5.61. The lowest BCUT2D eigenvalue weighted by atomic mass is 10.1. The summed E-state index contributed by atoms with van der Waals surface area (Å²) in [6.07, 6.45) is 0. The molecule has 0 bridgehead atoms. The van der Waals surface area contributed by atoms with Gasteiger partial charge in [-0.2, -0.15) is 0 Å². The van der Waals surface area contributed by atoms with Crippen molar-refractivity contribution in [1.29, 1.82) is 0 Å². The zero-order valence-electron chi connectivity index (χ0n) is 29.1. The van der Waals surface area contributed by atoms with Crippen LogP contribution >= 0.6 is 45.3 Å². The smallest absolute Gasteiger partial charge is 0.123 e. The highest BCUT2D eigenvalue weighted by atomic mass is 127. The molecule has 0 saturated carbocycles. The summed E-state index contributed by atoms with van der Waals surface area (Å²) < 4.78 is 35.9. The minimum absolute atomic E-state index is 0.192. The monoisotopic (exact) mass is 862 g/mol. The van der Waals surface area contributed by atoms with Gasteiger partial charge in [0, 0.05) is 71.8 Å². The Bertz CT molecular complexity index is 3380. The van der Waals surface area contributed by atoms with E-state index in [-0.39, 0.29) is 11.6 Å². The van der Waals surface area contributed by atoms with Gasteiger partial charge in [-0.3, -0.25) is 0 Å². The molecule has 12 rings (SSSR count). The van der Waals surface area contributed by atoms with Gasteiger partial charge in [0.15, 0.2) is 0 Å². The van der Waals surface area contributed by atoms with Gasteiger partial charge in [0.1, 0.15) is 11.6 Å². The number of nitrogens with one attached hydrogen (secondary N) is 1. The van der Waals surface area contributed by atoms with Crippen LogP contribution in [-0.4, -0.2) is 9.55 Å². The fraction of sp³-hybridized carbons (Fsp3) is 0. The van der Waals surface area contributed by atoms with E-state index in [0.717, 1.165) is 49.3 Å². The number of rotatable bonds is 1. The van der Waals surface area contributed by atoms with Crippen LogP contribution in [0.2, 0.25) is 0 Å². The number of nitrogens with zero attached hydrogens (tertiary/aromatic N) is 1.